The minimum Gasteiger partial charge on any atom is -0.508 e. The molecule has 0 aliphatic rings. The van der Waals surface area contributed by atoms with Crippen LogP contribution in [0.3, 0.4) is 0 Å². The fourth-order valence-electron chi connectivity index (χ4n) is 1.03. The van der Waals surface area contributed by atoms with Crippen LogP contribution in [0.5, 0.6) is 5.75 Å². The van der Waals surface area contributed by atoms with E-state index in [1.54, 1.807) is 13.8 Å². The predicted molar refractivity (Wildman–Crippen MR) is 66.4 cm³/mol. The van der Waals surface area contributed by atoms with Gasteiger partial charge in [0.25, 0.3) is 5.91 Å². The molecule has 86 valence electrons. The molecule has 0 bridgehead atoms. The van der Waals surface area contributed by atoms with Crippen molar-refractivity contribution in [2.45, 2.75) is 19.4 Å². The second kappa shape index (κ2) is 4.49. The van der Waals surface area contributed by atoms with Gasteiger partial charge in [0.05, 0.1) is 10.5 Å². The molecule has 4 nitrogen and oxygen atoms in total. The molecule has 0 radical (unpaired) electrons. The molecule has 0 saturated carbocycles. The molecule has 0 saturated heterocycles. The van der Waals surface area contributed by atoms with Crippen LogP contribution in [-0.2, 0) is 0 Å². The van der Waals surface area contributed by atoms with E-state index >= 15 is 0 Å². The van der Waals surface area contributed by atoms with Gasteiger partial charge in [-0.2, -0.15) is 0 Å². The number of thiocarbonyl (C=S) groups is 1. The molecule has 1 amide bonds. The molecule has 0 heterocycles. The molecule has 0 aromatic heterocycles. The number of benzene rings is 1. The van der Waals surface area contributed by atoms with E-state index in [0.717, 1.165) is 0 Å². The zero-order valence-electron chi connectivity index (χ0n) is 9.15. The third-order valence-electron chi connectivity index (χ3n) is 2.17. The van der Waals surface area contributed by atoms with Crippen LogP contribution in [0.25, 0.3) is 0 Å². The normalized spacial score (nSPS) is 10.9. The Balaban J connectivity index is 2.81. The van der Waals surface area contributed by atoms with Gasteiger partial charge >= 0.3 is 0 Å². The summed E-state index contributed by atoms with van der Waals surface area (Å²) in [6.07, 6.45) is 0. The van der Waals surface area contributed by atoms with Crippen molar-refractivity contribution in [2.75, 3.05) is 0 Å². The summed E-state index contributed by atoms with van der Waals surface area (Å²) >= 11 is 4.84. The molecule has 0 atom stereocenters. The lowest BCUT2D eigenvalue weighted by Crippen LogP contribution is -2.52. The Hall–Kier alpha value is -1.62. The molecule has 0 unspecified atom stereocenters. The summed E-state index contributed by atoms with van der Waals surface area (Å²) in [6.45, 7) is 3.46. The number of amides is 1. The number of hydrogen-bond acceptors (Lipinski definition) is 3. The Morgan fingerprint density at radius 3 is 2.31 bits per heavy atom. The molecule has 5 heteroatoms. The summed E-state index contributed by atoms with van der Waals surface area (Å²) in [7, 11) is 0. The number of nitrogens with two attached hydrogens (primary N) is 1. The highest BCUT2D eigenvalue weighted by Gasteiger charge is 2.23. The van der Waals surface area contributed by atoms with E-state index in [2.05, 4.69) is 5.32 Å². The van der Waals surface area contributed by atoms with Crippen molar-refractivity contribution in [1.82, 2.24) is 5.32 Å². The minimum atomic E-state index is -0.732. The van der Waals surface area contributed by atoms with E-state index in [4.69, 9.17) is 23.1 Å². The van der Waals surface area contributed by atoms with Gasteiger partial charge < -0.3 is 16.2 Å². The van der Waals surface area contributed by atoms with Crippen LogP contribution in [0.1, 0.15) is 24.2 Å². The third-order valence-corrected chi connectivity index (χ3v) is 2.68. The van der Waals surface area contributed by atoms with Gasteiger partial charge in [-0.15, -0.1) is 0 Å². The summed E-state index contributed by atoms with van der Waals surface area (Å²) in [5.41, 5.74) is 5.21. The number of carbonyl (C=O) groups is 1. The Morgan fingerprint density at radius 1 is 1.38 bits per heavy atom. The molecule has 0 aliphatic heterocycles. The van der Waals surface area contributed by atoms with Gasteiger partial charge in [0.15, 0.2) is 0 Å². The van der Waals surface area contributed by atoms with E-state index < -0.39 is 5.54 Å². The van der Waals surface area contributed by atoms with E-state index in [1.165, 1.54) is 24.3 Å². The number of nitrogens with one attached hydrogen (secondary N) is 1. The van der Waals surface area contributed by atoms with Crippen LogP contribution in [0.15, 0.2) is 24.3 Å². The zero-order valence-corrected chi connectivity index (χ0v) is 9.97. The second-order valence-corrected chi connectivity index (χ2v) is 4.43. The van der Waals surface area contributed by atoms with Gasteiger partial charge in [-0.3, -0.25) is 4.79 Å². The fraction of sp³-hybridized carbons (Fsp3) is 0.273. The largest absolute Gasteiger partial charge is 0.508 e. The highest BCUT2D eigenvalue weighted by Crippen LogP contribution is 2.11. The molecule has 0 fully saturated rings. The first kappa shape index (κ1) is 12.4. The van der Waals surface area contributed by atoms with Crippen molar-refractivity contribution in [1.29, 1.82) is 0 Å². The lowest BCUT2D eigenvalue weighted by Gasteiger charge is -2.24. The number of hydrogen-bond donors (Lipinski definition) is 3. The lowest BCUT2D eigenvalue weighted by molar-refractivity contribution is 0.0932. The third kappa shape index (κ3) is 2.93. The summed E-state index contributed by atoms with van der Waals surface area (Å²) in [6, 6.07) is 5.95. The van der Waals surface area contributed by atoms with Crippen molar-refractivity contribution in [2.24, 2.45) is 5.73 Å². The maximum atomic E-state index is 11.8. The SMILES string of the molecule is CC(C)(NC(=O)c1ccc(O)cc1)C(N)=S. The van der Waals surface area contributed by atoms with Crippen LogP contribution in [0.2, 0.25) is 0 Å². The smallest absolute Gasteiger partial charge is 0.252 e. The maximum Gasteiger partial charge on any atom is 0.252 e. The van der Waals surface area contributed by atoms with Crippen LogP contribution >= 0.6 is 12.2 Å². The highest BCUT2D eigenvalue weighted by atomic mass is 32.1. The first-order valence-corrected chi connectivity index (χ1v) is 5.15. The number of aromatic hydroxyl groups is 1. The number of rotatable bonds is 3. The van der Waals surface area contributed by atoms with E-state index in [1.807, 2.05) is 0 Å². The van der Waals surface area contributed by atoms with Crippen molar-refractivity contribution in [3.63, 3.8) is 0 Å². The minimum absolute atomic E-state index is 0.116. The molecule has 16 heavy (non-hydrogen) atoms. The van der Waals surface area contributed by atoms with Gasteiger partial charge in [-0.25, -0.2) is 0 Å². The zero-order chi connectivity index (χ0) is 12.3. The lowest BCUT2D eigenvalue weighted by atomic mass is 10.0. The van der Waals surface area contributed by atoms with Gasteiger partial charge in [0.1, 0.15) is 5.75 Å². The summed E-state index contributed by atoms with van der Waals surface area (Å²) in [5.74, 6) is -0.164. The molecular weight excluding hydrogens is 224 g/mol. The highest BCUT2D eigenvalue weighted by molar-refractivity contribution is 7.80. The standard InChI is InChI=1S/C11H14N2O2S/c1-11(2,10(12)16)13-9(15)7-3-5-8(14)6-4-7/h3-6,14H,1-2H3,(H2,12,16)(H,13,15). The first-order valence-electron chi connectivity index (χ1n) is 4.74. The van der Waals surface area contributed by atoms with Gasteiger partial charge in [0, 0.05) is 5.56 Å². The van der Waals surface area contributed by atoms with E-state index in [-0.39, 0.29) is 16.6 Å². The van der Waals surface area contributed by atoms with Crippen molar-refractivity contribution in [3.05, 3.63) is 29.8 Å². The van der Waals surface area contributed by atoms with Gasteiger partial charge in [0.2, 0.25) is 0 Å². The van der Waals surface area contributed by atoms with Gasteiger partial charge in [-0.1, -0.05) is 12.2 Å². The van der Waals surface area contributed by atoms with Crippen LogP contribution in [0, 0.1) is 0 Å². The number of carbonyl (C=O) groups excluding carboxylic acids is 1. The number of phenols is 1. The summed E-state index contributed by atoms with van der Waals surface area (Å²) in [5, 5.41) is 11.8. The fourth-order valence-corrected chi connectivity index (χ4v) is 1.08. The van der Waals surface area contributed by atoms with Crippen LogP contribution in [0.4, 0.5) is 0 Å². The molecule has 1 rings (SSSR count). The molecule has 1 aromatic rings. The van der Waals surface area contributed by atoms with Crippen molar-refractivity contribution < 1.29 is 9.90 Å². The molecule has 0 aliphatic carbocycles. The average molecular weight is 238 g/mol. The average Bonchev–Trinajstić information content (AvgIpc) is 2.17. The van der Waals surface area contributed by atoms with Crippen molar-refractivity contribution >= 4 is 23.1 Å². The molecule has 0 spiro atoms. The van der Waals surface area contributed by atoms with E-state index in [0.29, 0.717) is 5.56 Å². The topological polar surface area (TPSA) is 75.3 Å². The monoisotopic (exact) mass is 238 g/mol. The van der Waals surface area contributed by atoms with Crippen LogP contribution < -0.4 is 11.1 Å². The quantitative estimate of drug-likeness (QED) is 0.691. The van der Waals surface area contributed by atoms with E-state index in [9.17, 15) is 4.79 Å². The predicted octanol–water partition coefficient (Wildman–Crippen LogP) is 1.19. The Labute approximate surface area is 99.5 Å². The summed E-state index contributed by atoms with van der Waals surface area (Å²) in [4.78, 5) is 12.0. The first-order chi connectivity index (χ1) is 7.33. The number of phenolic OH excluding ortho intramolecular Hbond substituents is 1. The van der Waals surface area contributed by atoms with Gasteiger partial charge in [-0.05, 0) is 38.1 Å². The maximum absolute atomic E-state index is 11.8. The Bertz CT molecular complexity index is 412. The Kier molecular flexibility index (Phi) is 3.49. The van der Waals surface area contributed by atoms with Crippen LogP contribution in [-0.4, -0.2) is 21.5 Å². The molecular formula is C11H14N2O2S. The second-order valence-electron chi connectivity index (χ2n) is 3.99. The summed E-state index contributed by atoms with van der Waals surface area (Å²) < 4.78 is 0. The van der Waals surface area contributed by atoms with Crippen molar-refractivity contribution in [3.8, 4) is 5.75 Å². The molecule has 1 aromatic carbocycles. The molecule has 4 N–H and O–H groups in total. The Morgan fingerprint density at radius 2 is 1.88 bits per heavy atom.